The van der Waals surface area contributed by atoms with E-state index in [0.29, 0.717) is 6.42 Å². The maximum absolute atomic E-state index is 12.4. The zero-order valence-electron chi connectivity index (χ0n) is 15.3. The third-order valence-electron chi connectivity index (χ3n) is 4.14. The van der Waals surface area contributed by atoms with E-state index >= 15 is 0 Å². The van der Waals surface area contributed by atoms with Gasteiger partial charge in [-0.2, -0.15) is 5.26 Å². The molecule has 25 heavy (non-hydrogen) atoms. The highest BCUT2D eigenvalue weighted by atomic mass is 16.2. The molecule has 1 unspecified atom stereocenters. The molecule has 1 amide bonds. The van der Waals surface area contributed by atoms with E-state index in [1.54, 1.807) is 6.20 Å². The van der Waals surface area contributed by atoms with Gasteiger partial charge in [-0.3, -0.25) is 9.78 Å². The highest BCUT2D eigenvalue weighted by Crippen LogP contribution is 2.34. The van der Waals surface area contributed by atoms with Crippen molar-refractivity contribution >= 4 is 11.6 Å². The molecule has 4 heteroatoms. The molecule has 0 saturated carbocycles. The van der Waals surface area contributed by atoms with Crippen LogP contribution in [0.4, 0.5) is 5.69 Å². The molecule has 0 spiro atoms. The van der Waals surface area contributed by atoms with Gasteiger partial charge >= 0.3 is 0 Å². The number of aromatic nitrogens is 1. The second-order valence-corrected chi connectivity index (χ2v) is 7.28. The Hall–Kier alpha value is -2.67. The minimum absolute atomic E-state index is 0.0251. The average molecular weight is 335 g/mol. The molecule has 1 heterocycles. The summed E-state index contributed by atoms with van der Waals surface area (Å²) >= 11 is 0. The first-order valence-electron chi connectivity index (χ1n) is 8.57. The summed E-state index contributed by atoms with van der Waals surface area (Å²) in [7, 11) is 0. The largest absolute Gasteiger partial charge is 0.325 e. The average Bonchev–Trinajstić information content (AvgIpc) is 2.59. The molecule has 0 saturated heterocycles. The predicted octanol–water partition coefficient (Wildman–Crippen LogP) is 5.14. The number of benzene rings is 1. The first-order valence-corrected chi connectivity index (χ1v) is 8.57. The highest BCUT2D eigenvalue weighted by Gasteiger charge is 2.23. The van der Waals surface area contributed by atoms with Crippen molar-refractivity contribution in [3.05, 3.63) is 48.3 Å². The van der Waals surface area contributed by atoms with Gasteiger partial charge in [0.1, 0.15) is 0 Å². The summed E-state index contributed by atoms with van der Waals surface area (Å²) in [5.74, 6) is 0.144. The van der Waals surface area contributed by atoms with Gasteiger partial charge < -0.3 is 5.32 Å². The Bertz CT molecular complexity index is 784. The number of nitrogens with zero attached hydrogens (tertiary/aromatic N) is 2. The van der Waals surface area contributed by atoms with Crippen LogP contribution in [0.1, 0.15) is 52.1 Å². The third kappa shape index (κ3) is 4.67. The lowest BCUT2D eigenvalue weighted by Gasteiger charge is -2.21. The van der Waals surface area contributed by atoms with E-state index in [2.05, 4.69) is 23.3 Å². The standard InChI is InChI=1S/C21H25N3O/c1-15(9-7-13-22)19-17(11-8-14-23-19)16-10-5-6-12-18(16)24-20(25)21(2,3)4/h5-6,8,10-12,14-15H,7,9H2,1-4H3,(H,24,25). The summed E-state index contributed by atoms with van der Waals surface area (Å²) in [6, 6.07) is 13.9. The molecule has 1 N–H and O–H groups in total. The van der Waals surface area contributed by atoms with Crippen LogP contribution >= 0.6 is 0 Å². The van der Waals surface area contributed by atoms with Crippen LogP contribution in [0.2, 0.25) is 0 Å². The highest BCUT2D eigenvalue weighted by molar-refractivity contribution is 5.98. The third-order valence-corrected chi connectivity index (χ3v) is 4.14. The smallest absolute Gasteiger partial charge is 0.229 e. The molecule has 1 aromatic heterocycles. The van der Waals surface area contributed by atoms with Gasteiger partial charge in [0.05, 0.1) is 11.8 Å². The van der Waals surface area contributed by atoms with Crippen LogP contribution in [0, 0.1) is 16.7 Å². The molecule has 0 aliphatic heterocycles. The van der Waals surface area contributed by atoms with Crippen LogP contribution in [0.3, 0.4) is 0 Å². The molecule has 0 fully saturated rings. The van der Waals surface area contributed by atoms with E-state index in [1.807, 2.05) is 57.2 Å². The molecule has 1 aromatic carbocycles. The minimum Gasteiger partial charge on any atom is -0.325 e. The lowest BCUT2D eigenvalue weighted by atomic mass is 9.92. The van der Waals surface area contributed by atoms with Crippen LogP contribution in [0.5, 0.6) is 0 Å². The first-order chi connectivity index (χ1) is 11.8. The lowest BCUT2D eigenvalue weighted by molar-refractivity contribution is -0.123. The Morgan fingerprint density at radius 2 is 1.88 bits per heavy atom. The second kappa shape index (κ2) is 7.94. The van der Waals surface area contributed by atoms with E-state index in [0.717, 1.165) is 28.9 Å². The van der Waals surface area contributed by atoms with Gasteiger partial charge in [-0.05, 0) is 24.5 Å². The number of pyridine rings is 1. The summed E-state index contributed by atoms with van der Waals surface area (Å²) in [6.07, 6.45) is 3.04. The molecular weight excluding hydrogens is 310 g/mol. The topological polar surface area (TPSA) is 65.8 Å². The first kappa shape index (κ1) is 18.7. The molecular formula is C21H25N3O. The summed E-state index contributed by atoms with van der Waals surface area (Å²) in [5.41, 5.74) is 3.22. The number of rotatable bonds is 5. The lowest BCUT2D eigenvalue weighted by Crippen LogP contribution is -2.27. The van der Waals surface area contributed by atoms with E-state index < -0.39 is 5.41 Å². The van der Waals surface area contributed by atoms with Crippen LogP contribution in [0.25, 0.3) is 11.1 Å². The Labute approximate surface area is 149 Å². The van der Waals surface area contributed by atoms with Gasteiger partial charge in [0.15, 0.2) is 0 Å². The molecule has 1 atom stereocenters. The van der Waals surface area contributed by atoms with Crippen molar-refractivity contribution in [3.8, 4) is 17.2 Å². The SMILES string of the molecule is CC(CCC#N)c1ncccc1-c1ccccc1NC(=O)C(C)(C)C. The maximum Gasteiger partial charge on any atom is 0.229 e. The number of carbonyl (C=O) groups is 1. The van der Waals surface area contributed by atoms with Crippen LogP contribution in [0.15, 0.2) is 42.6 Å². The minimum atomic E-state index is -0.467. The second-order valence-electron chi connectivity index (χ2n) is 7.28. The number of anilines is 1. The Morgan fingerprint density at radius 3 is 2.56 bits per heavy atom. The molecule has 4 nitrogen and oxygen atoms in total. The molecule has 0 aliphatic rings. The van der Waals surface area contributed by atoms with Gasteiger partial charge in [-0.15, -0.1) is 0 Å². The fraction of sp³-hybridized carbons (Fsp3) is 0.381. The molecule has 130 valence electrons. The Morgan fingerprint density at radius 1 is 1.20 bits per heavy atom. The van der Waals surface area contributed by atoms with E-state index in [1.165, 1.54) is 0 Å². The summed E-state index contributed by atoms with van der Waals surface area (Å²) in [4.78, 5) is 17.0. The Kier molecular flexibility index (Phi) is 5.93. The summed E-state index contributed by atoms with van der Waals surface area (Å²) < 4.78 is 0. The quantitative estimate of drug-likeness (QED) is 0.822. The fourth-order valence-corrected chi connectivity index (χ4v) is 2.59. The van der Waals surface area contributed by atoms with Crippen molar-refractivity contribution in [2.75, 3.05) is 5.32 Å². The number of nitriles is 1. The van der Waals surface area contributed by atoms with E-state index in [4.69, 9.17) is 5.26 Å². The van der Waals surface area contributed by atoms with Crippen molar-refractivity contribution in [1.29, 1.82) is 5.26 Å². The monoisotopic (exact) mass is 335 g/mol. The van der Waals surface area contributed by atoms with Crippen molar-refractivity contribution in [2.24, 2.45) is 5.41 Å². The van der Waals surface area contributed by atoms with Crippen LogP contribution < -0.4 is 5.32 Å². The number of nitrogens with one attached hydrogen (secondary N) is 1. The molecule has 0 bridgehead atoms. The normalized spacial score (nSPS) is 12.3. The van der Waals surface area contributed by atoms with E-state index in [-0.39, 0.29) is 11.8 Å². The molecule has 0 radical (unpaired) electrons. The zero-order chi connectivity index (χ0) is 18.4. The van der Waals surface area contributed by atoms with Crippen molar-refractivity contribution in [3.63, 3.8) is 0 Å². The Balaban J connectivity index is 2.43. The molecule has 2 aromatic rings. The van der Waals surface area contributed by atoms with Gasteiger partial charge in [0.2, 0.25) is 5.91 Å². The number of amides is 1. The predicted molar refractivity (Wildman–Crippen MR) is 101 cm³/mol. The maximum atomic E-state index is 12.4. The summed E-state index contributed by atoms with van der Waals surface area (Å²) in [6.45, 7) is 7.76. The number of para-hydroxylation sites is 1. The van der Waals surface area contributed by atoms with Crippen molar-refractivity contribution < 1.29 is 4.79 Å². The van der Waals surface area contributed by atoms with Crippen LogP contribution in [-0.2, 0) is 4.79 Å². The zero-order valence-corrected chi connectivity index (χ0v) is 15.3. The fourth-order valence-electron chi connectivity index (χ4n) is 2.59. The molecule has 2 rings (SSSR count). The van der Waals surface area contributed by atoms with Gasteiger partial charge in [0.25, 0.3) is 0 Å². The van der Waals surface area contributed by atoms with Crippen LogP contribution in [-0.4, -0.2) is 10.9 Å². The number of hydrogen-bond donors (Lipinski definition) is 1. The number of hydrogen-bond acceptors (Lipinski definition) is 3. The van der Waals surface area contributed by atoms with Crippen molar-refractivity contribution in [2.45, 2.75) is 46.5 Å². The number of carbonyl (C=O) groups excluding carboxylic acids is 1. The van der Waals surface area contributed by atoms with Gasteiger partial charge in [0, 0.05) is 34.8 Å². The van der Waals surface area contributed by atoms with Gasteiger partial charge in [-0.25, -0.2) is 0 Å². The summed E-state index contributed by atoms with van der Waals surface area (Å²) in [5, 5.41) is 11.9. The van der Waals surface area contributed by atoms with E-state index in [9.17, 15) is 4.79 Å². The van der Waals surface area contributed by atoms with Gasteiger partial charge in [-0.1, -0.05) is 52.0 Å². The van der Waals surface area contributed by atoms with Crippen molar-refractivity contribution in [1.82, 2.24) is 4.98 Å². The molecule has 0 aliphatic carbocycles.